The molecule has 136 valence electrons. The lowest BCUT2D eigenvalue weighted by Gasteiger charge is -2.08. The minimum Gasteiger partial charge on any atom is -0.453 e. The number of ether oxygens (including phenoxy) is 1. The number of thioether (sulfide) groups is 1. The minimum absolute atomic E-state index is 0.0345. The molecule has 0 bridgehead atoms. The molecule has 0 amide bonds. The van der Waals surface area contributed by atoms with Crippen molar-refractivity contribution in [2.24, 2.45) is 0 Å². The van der Waals surface area contributed by atoms with Crippen LogP contribution < -0.4 is 5.32 Å². The number of aromatic nitrogens is 2. The zero-order valence-corrected chi connectivity index (χ0v) is 16.0. The molecule has 3 heterocycles. The lowest BCUT2D eigenvalue weighted by molar-refractivity contribution is 0.0993. The van der Waals surface area contributed by atoms with Crippen LogP contribution in [0.15, 0.2) is 33.0 Å². The highest BCUT2D eigenvalue weighted by molar-refractivity contribution is 8.01. The summed E-state index contributed by atoms with van der Waals surface area (Å²) >= 11 is 2.84. The van der Waals surface area contributed by atoms with Crippen LogP contribution in [0.1, 0.15) is 29.0 Å². The number of rotatable bonds is 7. The number of carbonyl (C=O) groups is 1. The topological polar surface area (TPSA) is 77.2 Å². The third-order valence-electron chi connectivity index (χ3n) is 4.34. The van der Waals surface area contributed by atoms with E-state index in [4.69, 9.17) is 9.15 Å². The van der Waals surface area contributed by atoms with Crippen LogP contribution in [0.2, 0.25) is 0 Å². The van der Waals surface area contributed by atoms with Crippen molar-refractivity contribution < 1.29 is 13.9 Å². The molecule has 0 radical (unpaired) electrons. The van der Waals surface area contributed by atoms with E-state index < -0.39 is 0 Å². The summed E-state index contributed by atoms with van der Waals surface area (Å²) in [4.78, 5) is 12.5. The van der Waals surface area contributed by atoms with E-state index >= 15 is 0 Å². The molecule has 0 aliphatic carbocycles. The molecule has 6 nitrogen and oxygen atoms in total. The maximum Gasteiger partial charge on any atom is 0.208 e. The number of furan rings is 1. The molecule has 3 aromatic rings. The van der Waals surface area contributed by atoms with Crippen LogP contribution in [0, 0.1) is 6.92 Å². The van der Waals surface area contributed by atoms with E-state index in [1.165, 1.54) is 23.1 Å². The monoisotopic (exact) mass is 389 g/mol. The number of ketones is 1. The number of anilines is 1. The second-order valence-electron chi connectivity index (χ2n) is 6.15. The van der Waals surface area contributed by atoms with E-state index in [-0.39, 0.29) is 17.6 Å². The summed E-state index contributed by atoms with van der Waals surface area (Å²) in [5.41, 5.74) is 1.64. The number of benzene rings is 1. The third-order valence-corrected chi connectivity index (χ3v) is 6.35. The molecular weight excluding hydrogens is 370 g/mol. The van der Waals surface area contributed by atoms with Crippen LogP contribution in [-0.2, 0) is 4.74 Å². The van der Waals surface area contributed by atoms with E-state index in [1.54, 1.807) is 0 Å². The van der Waals surface area contributed by atoms with Gasteiger partial charge < -0.3 is 14.5 Å². The van der Waals surface area contributed by atoms with Crippen molar-refractivity contribution in [3.63, 3.8) is 0 Å². The van der Waals surface area contributed by atoms with Gasteiger partial charge in [-0.15, -0.1) is 10.2 Å². The number of aryl methyl sites for hydroxylation is 1. The molecule has 2 aromatic heterocycles. The second-order valence-corrected chi connectivity index (χ2v) is 8.35. The molecule has 1 atom stereocenters. The van der Waals surface area contributed by atoms with E-state index in [2.05, 4.69) is 15.5 Å². The van der Waals surface area contributed by atoms with Crippen molar-refractivity contribution in [2.75, 3.05) is 24.2 Å². The fraction of sp³-hybridized carbons (Fsp3) is 0.389. The smallest absolute Gasteiger partial charge is 0.208 e. The summed E-state index contributed by atoms with van der Waals surface area (Å²) in [5.74, 6) is 0.675. The molecule has 26 heavy (non-hydrogen) atoms. The first kappa shape index (κ1) is 17.5. The molecule has 1 fully saturated rings. The van der Waals surface area contributed by atoms with Crippen molar-refractivity contribution in [2.45, 2.75) is 30.2 Å². The summed E-state index contributed by atoms with van der Waals surface area (Å²) in [6.45, 7) is 3.51. The Hall–Kier alpha value is -1.90. The standard InChI is InChI=1S/C18H19N3O3S2/c1-11-13-6-2-3-7-15(13)24-16(11)14(22)10-25-18-21-20-17(26-18)19-9-12-5-4-8-23-12/h2-3,6-7,12H,4-5,8-10H2,1H3,(H,19,20). The highest BCUT2D eigenvalue weighted by Gasteiger charge is 2.19. The summed E-state index contributed by atoms with van der Waals surface area (Å²) in [7, 11) is 0. The zero-order valence-electron chi connectivity index (χ0n) is 14.4. The van der Waals surface area contributed by atoms with Gasteiger partial charge in [0.05, 0.1) is 11.9 Å². The van der Waals surface area contributed by atoms with Crippen LogP contribution in [0.25, 0.3) is 11.0 Å². The van der Waals surface area contributed by atoms with Crippen LogP contribution in [0.4, 0.5) is 5.13 Å². The number of nitrogens with zero attached hydrogens (tertiary/aromatic N) is 2. The Labute approximate surface area is 159 Å². The summed E-state index contributed by atoms with van der Waals surface area (Å²) < 4.78 is 12.1. The average Bonchev–Trinajstić information content (AvgIpc) is 3.39. The molecule has 1 saturated heterocycles. The quantitative estimate of drug-likeness (QED) is 0.480. The lowest BCUT2D eigenvalue weighted by Crippen LogP contribution is -2.18. The number of Topliss-reactive ketones (excluding diaryl/α,β-unsaturated/α-hetero) is 1. The van der Waals surface area contributed by atoms with Crippen molar-refractivity contribution in [1.29, 1.82) is 0 Å². The Morgan fingerprint density at radius 3 is 3.08 bits per heavy atom. The van der Waals surface area contributed by atoms with E-state index in [0.717, 1.165) is 52.0 Å². The van der Waals surface area contributed by atoms with Gasteiger partial charge in [0.1, 0.15) is 5.58 Å². The zero-order chi connectivity index (χ0) is 17.9. The van der Waals surface area contributed by atoms with E-state index in [1.807, 2.05) is 31.2 Å². The third kappa shape index (κ3) is 3.77. The molecule has 8 heteroatoms. The van der Waals surface area contributed by atoms with Gasteiger partial charge in [-0.2, -0.15) is 0 Å². The molecule has 1 unspecified atom stereocenters. The molecule has 1 aliphatic heterocycles. The predicted octanol–water partition coefficient (Wildman–Crippen LogP) is 4.16. The van der Waals surface area contributed by atoms with E-state index in [9.17, 15) is 4.79 Å². The molecule has 4 rings (SSSR count). The van der Waals surface area contributed by atoms with Gasteiger partial charge in [-0.3, -0.25) is 4.79 Å². The Balaban J connectivity index is 1.34. The molecule has 0 spiro atoms. The first-order chi connectivity index (χ1) is 12.7. The number of nitrogens with one attached hydrogen (secondary N) is 1. The van der Waals surface area contributed by atoms with Gasteiger partial charge in [-0.25, -0.2) is 0 Å². The highest BCUT2D eigenvalue weighted by Crippen LogP contribution is 2.29. The number of para-hydroxylation sites is 1. The SMILES string of the molecule is Cc1c(C(=O)CSc2nnc(NCC3CCCO3)s2)oc2ccccc12. The van der Waals surface area contributed by atoms with Gasteiger partial charge in [0.2, 0.25) is 10.9 Å². The van der Waals surface area contributed by atoms with Crippen molar-refractivity contribution in [3.8, 4) is 0 Å². The fourth-order valence-electron chi connectivity index (χ4n) is 2.98. The highest BCUT2D eigenvalue weighted by atomic mass is 32.2. The largest absolute Gasteiger partial charge is 0.453 e. The first-order valence-electron chi connectivity index (χ1n) is 8.54. The first-order valence-corrected chi connectivity index (χ1v) is 10.3. The van der Waals surface area contributed by atoms with Gasteiger partial charge in [-0.1, -0.05) is 41.3 Å². The van der Waals surface area contributed by atoms with E-state index in [0.29, 0.717) is 5.76 Å². The van der Waals surface area contributed by atoms with Gasteiger partial charge in [0.15, 0.2) is 10.1 Å². The summed E-state index contributed by atoms with van der Waals surface area (Å²) in [6.07, 6.45) is 2.46. The fourth-order valence-corrected chi connectivity index (χ4v) is 4.60. The average molecular weight is 390 g/mol. The molecular formula is C18H19N3O3S2. The Morgan fingerprint density at radius 2 is 2.27 bits per heavy atom. The predicted molar refractivity (Wildman–Crippen MR) is 103 cm³/mol. The number of fused-ring (bicyclic) bond motifs is 1. The molecule has 1 aliphatic rings. The van der Waals surface area contributed by atoms with Gasteiger partial charge in [-0.05, 0) is 25.8 Å². The van der Waals surface area contributed by atoms with Crippen molar-refractivity contribution >= 4 is 45.0 Å². The molecule has 0 saturated carbocycles. The number of carbonyl (C=O) groups excluding carboxylic acids is 1. The Morgan fingerprint density at radius 1 is 1.38 bits per heavy atom. The maximum atomic E-state index is 12.5. The van der Waals surface area contributed by atoms with Crippen LogP contribution in [0.5, 0.6) is 0 Å². The van der Waals surface area contributed by atoms with Gasteiger partial charge in [0, 0.05) is 24.1 Å². The van der Waals surface area contributed by atoms with Gasteiger partial charge in [0.25, 0.3) is 0 Å². The minimum atomic E-state index is -0.0345. The Kier molecular flexibility index (Phi) is 5.23. The van der Waals surface area contributed by atoms with Crippen LogP contribution >= 0.6 is 23.1 Å². The van der Waals surface area contributed by atoms with Crippen LogP contribution in [-0.4, -0.2) is 41.0 Å². The number of hydrogen-bond acceptors (Lipinski definition) is 8. The Bertz CT molecular complexity index is 915. The molecule has 1 N–H and O–H groups in total. The van der Waals surface area contributed by atoms with Gasteiger partial charge >= 0.3 is 0 Å². The normalized spacial score (nSPS) is 17.0. The molecule has 1 aromatic carbocycles. The maximum absolute atomic E-state index is 12.5. The van der Waals surface area contributed by atoms with Crippen molar-refractivity contribution in [1.82, 2.24) is 10.2 Å². The van der Waals surface area contributed by atoms with Crippen molar-refractivity contribution in [3.05, 3.63) is 35.6 Å². The number of hydrogen-bond donors (Lipinski definition) is 1. The second kappa shape index (κ2) is 7.77. The summed E-state index contributed by atoms with van der Waals surface area (Å²) in [6, 6.07) is 7.69. The lowest BCUT2D eigenvalue weighted by atomic mass is 10.1. The van der Waals surface area contributed by atoms with Crippen LogP contribution in [0.3, 0.4) is 0 Å². The summed E-state index contributed by atoms with van der Waals surface area (Å²) in [5, 5.41) is 13.3.